The van der Waals surface area contributed by atoms with Crippen LogP contribution in [0.3, 0.4) is 0 Å². The summed E-state index contributed by atoms with van der Waals surface area (Å²) in [5, 5.41) is 2.74. The molecule has 0 heterocycles. The molecule has 0 saturated heterocycles. The van der Waals surface area contributed by atoms with Crippen LogP contribution in [0, 0.1) is 0 Å². The van der Waals surface area contributed by atoms with Crippen LogP contribution in [0.5, 0.6) is 0 Å². The fourth-order valence-electron chi connectivity index (χ4n) is 1.97. The van der Waals surface area contributed by atoms with Gasteiger partial charge in [-0.1, -0.05) is 42.5 Å². The van der Waals surface area contributed by atoms with E-state index in [-0.39, 0.29) is 5.91 Å². The molecule has 0 unspecified atom stereocenters. The van der Waals surface area contributed by atoms with Gasteiger partial charge in [-0.25, -0.2) is 4.79 Å². The number of anilines is 1. The Balaban J connectivity index is 2.19. The first kappa shape index (κ1) is 15.5. The van der Waals surface area contributed by atoms with E-state index in [4.69, 9.17) is 4.74 Å². The average Bonchev–Trinajstić information content (AvgIpc) is 2.55. The standard InChI is InChI=1S/C18H17NO3/c1-13(12-14-8-4-3-5-9-14)17(20)19-16-11-7-6-10-15(16)18(21)22-2/h3-12H,1-2H3,(H,19,20). The van der Waals surface area contributed by atoms with E-state index in [1.54, 1.807) is 37.3 Å². The third-order valence-electron chi connectivity index (χ3n) is 3.12. The van der Waals surface area contributed by atoms with Crippen LogP contribution in [0.15, 0.2) is 60.2 Å². The lowest BCUT2D eigenvalue weighted by molar-refractivity contribution is -0.112. The number of ether oxygens (including phenoxy) is 1. The molecular weight excluding hydrogens is 278 g/mol. The van der Waals surface area contributed by atoms with E-state index in [2.05, 4.69) is 5.32 Å². The second-order valence-corrected chi connectivity index (χ2v) is 4.73. The van der Waals surface area contributed by atoms with Gasteiger partial charge < -0.3 is 10.1 Å². The summed E-state index contributed by atoms with van der Waals surface area (Å²) in [5.41, 5.74) is 2.24. The van der Waals surface area contributed by atoms with Gasteiger partial charge in [-0.3, -0.25) is 4.79 Å². The molecule has 0 radical (unpaired) electrons. The van der Waals surface area contributed by atoms with Gasteiger partial charge in [0.15, 0.2) is 0 Å². The van der Waals surface area contributed by atoms with Gasteiger partial charge in [0, 0.05) is 5.57 Å². The van der Waals surface area contributed by atoms with Crippen molar-refractivity contribution in [1.29, 1.82) is 0 Å². The first-order valence-electron chi connectivity index (χ1n) is 6.84. The molecule has 4 heteroatoms. The van der Waals surface area contributed by atoms with Crippen molar-refractivity contribution >= 4 is 23.6 Å². The van der Waals surface area contributed by atoms with Gasteiger partial charge in [-0.2, -0.15) is 0 Å². The minimum Gasteiger partial charge on any atom is -0.465 e. The zero-order valence-electron chi connectivity index (χ0n) is 12.5. The fourth-order valence-corrected chi connectivity index (χ4v) is 1.97. The molecule has 0 aliphatic heterocycles. The number of amides is 1. The molecular formula is C18H17NO3. The predicted molar refractivity (Wildman–Crippen MR) is 86.5 cm³/mol. The topological polar surface area (TPSA) is 55.4 Å². The Hall–Kier alpha value is -2.88. The number of para-hydroxylation sites is 1. The smallest absolute Gasteiger partial charge is 0.339 e. The van der Waals surface area contributed by atoms with Gasteiger partial charge in [-0.05, 0) is 30.7 Å². The fraction of sp³-hybridized carbons (Fsp3) is 0.111. The maximum atomic E-state index is 12.2. The molecule has 0 spiro atoms. The lowest BCUT2D eigenvalue weighted by atomic mass is 10.1. The third kappa shape index (κ3) is 3.82. The summed E-state index contributed by atoms with van der Waals surface area (Å²) in [6.07, 6.45) is 1.79. The van der Waals surface area contributed by atoms with Crippen molar-refractivity contribution in [3.8, 4) is 0 Å². The van der Waals surface area contributed by atoms with Crippen LogP contribution in [-0.2, 0) is 9.53 Å². The van der Waals surface area contributed by atoms with Gasteiger partial charge in [0.25, 0.3) is 5.91 Å². The average molecular weight is 295 g/mol. The SMILES string of the molecule is COC(=O)c1ccccc1NC(=O)C(C)=Cc1ccccc1. The van der Waals surface area contributed by atoms with Crippen LogP contribution in [-0.4, -0.2) is 19.0 Å². The lowest BCUT2D eigenvalue weighted by Crippen LogP contribution is -2.15. The molecule has 2 aromatic carbocycles. The number of nitrogens with one attached hydrogen (secondary N) is 1. The Morgan fingerprint density at radius 3 is 2.32 bits per heavy atom. The predicted octanol–water partition coefficient (Wildman–Crippen LogP) is 3.52. The van der Waals surface area contributed by atoms with Crippen molar-refractivity contribution in [2.24, 2.45) is 0 Å². The van der Waals surface area contributed by atoms with Crippen LogP contribution < -0.4 is 5.32 Å². The number of esters is 1. The summed E-state index contributed by atoms with van der Waals surface area (Å²) in [6, 6.07) is 16.3. The molecule has 0 aliphatic carbocycles. The number of benzene rings is 2. The second-order valence-electron chi connectivity index (χ2n) is 4.73. The number of hydrogen-bond acceptors (Lipinski definition) is 3. The summed E-state index contributed by atoms with van der Waals surface area (Å²) >= 11 is 0. The number of carbonyl (C=O) groups excluding carboxylic acids is 2. The molecule has 112 valence electrons. The Bertz CT molecular complexity index is 705. The maximum Gasteiger partial charge on any atom is 0.339 e. The van der Waals surface area contributed by atoms with Gasteiger partial charge >= 0.3 is 5.97 Å². The normalized spacial score (nSPS) is 10.9. The van der Waals surface area contributed by atoms with E-state index in [1.807, 2.05) is 30.3 Å². The Kier molecular flexibility index (Phi) is 5.09. The molecule has 2 rings (SSSR count). The molecule has 0 aliphatic rings. The molecule has 1 N–H and O–H groups in total. The Morgan fingerprint density at radius 1 is 1.00 bits per heavy atom. The highest BCUT2D eigenvalue weighted by Crippen LogP contribution is 2.17. The summed E-state index contributed by atoms with van der Waals surface area (Å²) in [5.74, 6) is -0.749. The molecule has 0 fully saturated rings. The summed E-state index contributed by atoms with van der Waals surface area (Å²) < 4.78 is 4.71. The first-order chi connectivity index (χ1) is 10.6. The van der Waals surface area contributed by atoms with Crippen LogP contribution in [0.4, 0.5) is 5.69 Å². The second kappa shape index (κ2) is 7.22. The quantitative estimate of drug-likeness (QED) is 0.693. The number of hydrogen-bond donors (Lipinski definition) is 1. The van der Waals surface area contributed by atoms with Crippen molar-refractivity contribution in [3.63, 3.8) is 0 Å². The van der Waals surface area contributed by atoms with Crippen molar-refractivity contribution in [2.45, 2.75) is 6.92 Å². The lowest BCUT2D eigenvalue weighted by Gasteiger charge is -2.09. The van der Waals surface area contributed by atoms with Crippen LogP contribution in [0.25, 0.3) is 6.08 Å². The molecule has 0 atom stereocenters. The highest BCUT2D eigenvalue weighted by atomic mass is 16.5. The molecule has 0 aromatic heterocycles. The van der Waals surface area contributed by atoms with Crippen LogP contribution >= 0.6 is 0 Å². The van der Waals surface area contributed by atoms with Crippen molar-refractivity contribution in [2.75, 3.05) is 12.4 Å². The molecule has 22 heavy (non-hydrogen) atoms. The summed E-state index contributed by atoms with van der Waals surface area (Å²) in [6.45, 7) is 1.73. The molecule has 4 nitrogen and oxygen atoms in total. The van der Waals surface area contributed by atoms with E-state index >= 15 is 0 Å². The highest BCUT2D eigenvalue weighted by Gasteiger charge is 2.13. The van der Waals surface area contributed by atoms with Gasteiger partial charge in [0.1, 0.15) is 0 Å². The minimum absolute atomic E-state index is 0.264. The highest BCUT2D eigenvalue weighted by molar-refractivity contribution is 6.09. The number of rotatable bonds is 4. The molecule has 0 saturated carbocycles. The largest absolute Gasteiger partial charge is 0.465 e. The van der Waals surface area contributed by atoms with Crippen LogP contribution in [0.2, 0.25) is 0 Å². The third-order valence-corrected chi connectivity index (χ3v) is 3.12. The van der Waals surface area contributed by atoms with E-state index in [0.717, 1.165) is 5.56 Å². The first-order valence-corrected chi connectivity index (χ1v) is 6.84. The van der Waals surface area contributed by atoms with Crippen molar-refractivity contribution in [1.82, 2.24) is 0 Å². The Morgan fingerprint density at radius 2 is 1.64 bits per heavy atom. The monoisotopic (exact) mass is 295 g/mol. The number of methoxy groups -OCH3 is 1. The minimum atomic E-state index is -0.486. The number of carbonyl (C=O) groups is 2. The zero-order chi connectivity index (χ0) is 15.9. The van der Waals surface area contributed by atoms with Gasteiger partial charge in [0.05, 0.1) is 18.4 Å². The van der Waals surface area contributed by atoms with Crippen molar-refractivity contribution in [3.05, 3.63) is 71.3 Å². The molecule has 2 aromatic rings. The van der Waals surface area contributed by atoms with Gasteiger partial charge in [-0.15, -0.1) is 0 Å². The van der Waals surface area contributed by atoms with E-state index < -0.39 is 5.97 Å². The summed E-state index contributed by atoms with van der Waals surface area (Å²) in [7, 11) is 1.31. The van der Waals surface area contributed by atoms with E-state index in [1.165, 1.54) is 7.11 Å². The molecule has 0 bridgehead atoms. The van der Waals surface area contributed by atoms with Crippen LogP contribution in [0.1, 0.15) is 22.8 Å². The maximum absolute atomic E-state index is 12.2. The van der Waals surface area contributed by atoms with Crippen molar-refractivity contribution < 1.29 is 14.3 Å². The van der Waals surface area contributed by atoms with Gasteiger partial charge in [0.2, 0.25) is 0 Å². The van der Waals surface area contributed by atoms with E-state index in [9.17, 15) is 9.59 Å². The van der Waals surface area contributed by atoms with E-state index in [0.29, 0.717) is 16.8 Å². The Labute approximate surface area is 129 Å². The molecule has 1 amide bonds. The summed E-state index contributed by atoms with van der Waals surface area (Å²) in [4.78, 5) is 23.9. The zero-order valence-corrected chi connectivity index (χ0v) is 12.5.